The Kier molecular flexibility index (Phi) is 8.17. The smallest absolute Gasteiger partial charge is 0.224 e. The molecule has 0 fully saturated rings. The van der Waals surface area contributed by atoms with E-state index in [1.807, 2.05) is 25.7 Å². The number of benzene rings is 1. The fourth-order valence-electron chi connectivity index (χ4n) is 3.23. The molecule has 27 heavy (non-hydrogen) atoms. The first-order valence-electron chi connectivity index (χ1n) is 9.96. The van der Waals surface area contributed by atoms with Crippen molar-refractivity contribution in [3.05, 3.63) is 35.5 Å². The van der Waals surface area contributed by atoms with Crippen LogP contribution in [-0.2, 0) is 11.2 Å². The average Bonchev–Trinajstić information content (AvgIpc) is 3.07. The standard InChI is InChI=1S/C21H33N5O/c1-5-22-21(24-14-12-19(27)26(6-2)7-3)23-13-11-17-15-25-20-16(4)9-8-10-18(17)20/h8-10,15,25H,5-7,11-14H2,1-4H3,(H2,22,23,24). The van der Waals surface area contributed by atoms with Gasteiger partial charge >= 0.3 is 0 Å². The summed E-state index contributed by atoms with van der Waals surface area (Å²) in [6.45, 7) is 11.8. The number of nitrogens with one attached hydrogen (secondary N) is 3. The molecular formula is C21H33N5O. The zero-order valence-corrected chi connectivity index (χ0v) is 17.1. The zero-order chi connectivity index (χ0) is 19.6. The fraction of sp³-hybridized carbons (Fsp3) is 0.524. The summed E-state index contributed by atoms with van der Waals surface area (Å²) in [6.07, 6.45) is 3.44. The van der Waals surface area contributed by atoms with Crippen LogP contribution in [0.3, 0.4) is 0 Å². The van der Waals surface area contributed by atoms with Crippen LogP contribution in [0.1, 0.15) is 38.3 Å². The van der Waals surface area contributed by atoms with E-state index in [0.29, 0.717) is 13.0 Å². The summed E-state index contributed by atoms with van der Waals surface area (Å²) in [5.41, 5.74) is 3.77. The zero-order valence-electron chi connectivity index (χ0n) is 17.1. The highest BCUT2D eigenvalue weighted by molar-refractivity contribution is 5.86. The number of amides is 1. The third-order valence-electron chi connectivity index (χ3n) is 4.75. The molecule has 1 aromatic carbocycles. The van der Waals surface area contributed by atoms with E-state index < -0.39 is 0 Å². The molecule has 0 radical (unpaired) electrons. The maximum Gasteiger partial charge on any atom is 0.224 e. The van der Waals surface area contributed by atoms with Gasteiger partial charge in [0.25, 0.3) is 0 Å². The van der Waals surface area contributed by atoms with Crippen molar-refractivity contribution in [2.24, 2.45) is 4.99 Å². The highest BCUT2D eigenvalue weighted by atomic mass is 16.2. The van der Waals surface area contributed by atoms with Gasteiger partial charge in [-0.2, -0.15) is 0 Å². The number of aromatic nitrogens is 1. The molecule has 6 heteroatoms. The maximum absolute atomic E-state index is 12.1. The predicted molar refractivity (Wildman–Crippen MR) is 113 cm³/mol. The minimum atomic E-state index is 0.161. The van der Waals surface area contributed by atoms with Gasteiger partial charge in [0.1, 0.15) is 0 Å². The summed E-state index contributed by atoms with van der Waals surface area (Å²) in [5.74, 6) is 0.926. The third kappa shape index (κ3) is 5.74. The summed E-state index contributed by atoms with van der Waals surface area (Å²) < 4.78 is 0. The monoisotopic (exact) mass is 371 g/mol. The summed E-state index contributed by atoms with van der Waals surface area (Å²) in [6, 6.07) is 6.38. The number of H-pyrrole nitrogens is 1. The molecule has 2 rings (SSSR count). The van der Waals surface area contributed by atoms with Gasteiger partial charge in [0.2, 0.25) is 5.91 Å². The fourth-order valence-corrected chi connectivity index (χ4v) is 3.23. The molecule has 0 unspecified atom stereocenters. The average molecular weight is 372 g/mol. The van der Waals surface area contributed by atoms with Gasteiger partial charge in [-0.25, -0.2) is 0 Å². The highest BCUT2D eigenvalue weighted by Gasteiger charge is 2.09. The van der Waals surface area contributed by atoms with Crippen molar-refractivity contribution >= 4 is 22.8 Å². The molecule has 0 aliphatic rings. The van der Waals surface area contributed by atoms with Crippen LogP contribution in [0.2, 0.25) is 0 Å². The molecule has 1 aromatic heterocycles. The van der Waals surface area contributed by atoms with E-state index in [2.05, 4.69) is 51.9 Å². The number of rotatable bonds is 9. The summed E-state index contributed by atoms with van der Waals surface area (Å²) in [7, 11) is 0. The van der Waals surface area contributed by atoms with Crippen LogP contribution >= 0.6 is 0 Å². The van der Waals surface area contributed by atoms with Crippen LogP contribution in [0.15, 0.2) is 29.4 Å². The number of para-hydroxylation sites is 1. The number of hydrogen-bond acceptors (Lipinski definition) is 2. The molecule has 0 aliphatic heterocycles. The number of hydrogen-bond donors (Lipinski definition) is 3. The molecule has 1 heterocycles. The van der Waals surface area contributed by atoms with Crippen molar-refractivity contribution in [2.75, 3.05) is 32.7 Å². The first-order valence-corrected chi connectivity index (χ1v) is 9.96. The maximum atomic E-state index is 12.1. The Labute approximate surface area is 162 Å². The number of aliphatic imine (C=N–C) groups is 1. The van der Waals surface area contributed by atoms with Crippen LogP contribution in [0.4, 0.5) is 0 Å². The number of aryl methyl sites for hydroxylation is 1. The molecule has 0 saturated carbocycles. The van der Waals surface area contributed by atoms with Crippen LogP contribution in [0.5, 0.6) is 0 Å². The van der Waals surface area contributed by atoms with Crippen molar-refractivity contribution in [1.82, 2.24) is 20.5 Å². The molecule has 0 saturated heterocycles. The van der Waals surface area contributed by atoms with Gasteiger partial charge in [0.05, 0.1) is 6.54 Å². The lowest BCUT2D eigenvalue weighted by atomic mass is 10.1. The summed E-state index contributed by atoms with van der Waals surface area (Å²) >= 11 is 0. The number of fused-ring (bicyclic) bond motifs is 1. The van der Waals surface area contributed by atoms with Gasteiger partial charge in [-0.05, 0) is 45.2 Å². The van der Waals surface area contributed by atoms with Gasteiger partial charge in [-0.3, -0.25) is 9.79 Å². The lowest BCUT2D eigenvalue weighted by Crippen LogP contribution is -2.38. The molecular weight excluding hydrogens is 338 g/mol. The molecule has 0 atom stereocenters. The number of carbonyl (C=O) groups excluding carboxylic acids is 1. The third-order valence-corrected chi connectivity index (χ3v) is 4.75. The van der Waals surface area contributed by atoms with E-state index in [9.17, 15) is 4.79 Å². The molecule has 0 bridgehead atoms. The highest BCUT2D eigenvalue weighted by Crippen LogP contribution is 2.21. The van der Waals surface area contributed by atoms with E-state index in [1.54, 1.807) is 0 Å². The minimum absolute atomic E-state index is 0.161. The van der Waals surface area contributed by atoms with E-state index >= 15 is 0 Å². The first kappa shape index (κ1) is 20.8. The van der Waals surface area contributed by atoms with Crippen molar-refractivity contribution in [2.45, 2.75) is 40.5 Å². The second kappa shape index (κ2) is 10.6. The Balaban J connectivity index is 1.88. The minimum Gasteiger partial charge on any atom is -0.361 e. The van der Waals surface area contributed by atoms with Crippen molar-refractivity contribution in [1.29, 1.82) is 0 Å². The Bertz CT molecular complexity index is 761. The van der Waals surface area contributed by atoms with E-state index in [-0.39, 0.29) is 5.91 Å². The summed E-state index contributed by atoms with van der Waals surface area (Å²) in [4.78, 5) is 21.8. The van der Waals surface area contributed by atoms with Crippen LogP contribution in [0, 0.1) is 6.92 Å². The SMILES string of the molecule is CCNC(=NCCC(=O)N(CC)CC)NCCc1c[nH]c2c(C)cccc12. The van der Waals surface area contributed by atoms with Gasteiger partial charge in [-0.15, -0.1) is 0 Å². The van der Waals surface area contributed by atoms with E-state index in [4.69, 9.17) is 0 Å². The lowest BCUT2D eigenvalue weighted by molar-refractivity contribution is -0.130. The van der Waals surface area contributed by atoms with Gasteiger partial charge < -0.3 is 20.5 Å². The molecule has 0 aliphatic carbocycles. The van der Waals surface area contributed by atoms with Crippen molar-refractivity contribution < 1.29 is 4.79 Å². The Morgan fingerprint density at radius 3 is 2.67 bits per heavy atom. The Morgan fingerprint density at radius 1 is 1.19 bits per heavy atom. The predicted octanol–water partition coefficient (Wildman–Crippen LogP) is 2.83. The number of nitrogens with zero attached hydrogens (tertiary/aromatic N) is 2. The number of guanidine groups is 1. The molecule has 6 nitrogen and oxygen atoms in total. The molecule has 3 N–H and O–H groups in total. The molecule has 148 valence electrons. The van der Waals surface area contributed by atoms with Gasteiger partial charge in [0, 0.05) is 49.7 Å². The lowest BCUT2D eigenvalue weighted by Gasteiger charge is -2.18. The Morgan fingerprint density at radius 2 is 1.96 bits per heavy atom. The van der Waals surface area contributed by atoms with Crippen LogP contribution in [0.25, 0.3) is 10.9 Å². The van der Waals surface area contributed by atoms with Crippen LogP contribution < -0.4 is 10.6 Å². The topological polar surface area (TPSA) is 72.5 Å². The first-order chi connectivity index (χ1) is 13.1. The quantitative estimate of drug-likeness (QED) is 0.469. The molecule has 0 spiro atoms. The second-order valence-corrected chi connectivity index (χ2v) is 6.56. The van der Waals surface area contributed by atoms with Crippen LogP contribution in [-0.4, -0.2) is 54.5 Å². The second-order valence-electron chi connectivity index (χ2n) is 6.56. The van der Waals surface area contributed by atoms with Crippen molar-refractivity contribution in [3.63, 3.8) is 0 Å². The van der Waals surface area contributed by atoms with Crippen molar-refractivity contribution in [3.8, 4) is 0 Å². The number of aromatic amines is 1. The van der Waals surface area contributed by atoms with E-state index in [0.717, 1.165) is 38.6 Å². The van der Waals surface area contributed by atoms with Gasteiger partial charge in [-0.1, -0.05) is 18.2 Å². The number of carbonyl (C=O) groups is 1. The van der Waals surface area contributed by atoms with Gasteiger partial charge in [0.15, 0.2) is 5.96 Å². The Hall–Kier alpha value is -2.50. The molecule has 1 amide bonds. The van der Waals surface area contributed by atoms with E-state index in [1.165, 1.54) is 22.0 Å². The summed E-state index contributed by atoms with van der Waals surface area (Å²) in [5, 5.41) is 7.90. The largest absolute Gasteiger partial charge is 0.361 e. The normalized spacial score (nSPS) is 11.6. The molecule has 2 aromatic rings.